The van der Waals surface area contributed by atoms with Gasteiger partial charge in [0.05, 0.1) is 0 Å². The first-order valence-corrected chi connectivity index (χ1v) is 12.3. The van der Waals surface area contributed by atoms with Gasteiger partial charge >= 0.3 is 0 Å². The van der Waals surface area contributed by atoms with Crippen LogP contribution in [0.2, 0.25) is 0 Å². The van der Waals surface area contributed by atoms with Crippen molar-refractivity contribution in [2.75, 3.05) is 37.6 Å². The van der Waals surface area contributed by atoms with Crippen LogP contribution in [0.15, 0.2) is 53.5 Å². The Morgan fingerprint density at radius 2 is 1.76 bits per heavy atom. The van der Waals surface area contributed by atoms with Crippen molar-refractivity contribution in [3.8, 4) is 12.3 Å². The zero-order valence-corrected chi connectivity index (χ0v) is 20.8. The molecule has 4 amide bonds. The van der Waals surface area contributed by atoms with Gasteiger partial charge in [-0.1, -0.05) is 12.5 Å². The molecule has 1 aromatic carbocycles. The van der Waals surface area contributed by atoms with E-state index in [9.17, 15) is 19.2 Å². The molecule has 0 atom stereocenters. The Morgan fingerprint density at radius 3 is 2.43 bits per heavy atom. The van der Waals surface area contributed by atoms with Crippen LogP contribution in [0.4, 0.5) is 5.88 Å². The highest BCUT2D eigenvalue weighted by Gasteiger charge is 2.28. The molecule has 0 radical (unpaired) electrons. The Hall–Kier alpha value is -4.32. The Balaban J connectivity index is 1.26. The number of furan rings is 1. The lowest BCUT2D eigenvalue weighted by atomic mass is 10.1. The molecule has 2 aromatic rings. The van der Waals surface area contributed by atoms with Crippen LogP contribution in [0, 0.1) is 12.3 Å². The van der Waals surface area contributed by atoms with E-state index in [1.807, 2.05) is 0 Å². The Labute approximate surface area is 216 Å². The van der Waals surface area contributed by atoms with Gasteiger partial charge in [0, 0.05) is 56.2 Å². The van der Waals surface area contributed by atoms with Crippen LogP contribution in [-0.4, -0.2) is 61.3 Å². The minimum atomic E-state index is -0.269. The van der Waals surface area contributed by atoms with Crippen molar-refractivity contribution in [3.05, 3.63) is 65.9 Å². The molecule has 0 saturated carbocycles. The Kier molecular flexibility index (Phi) is 10.1. The van der Waals surface area contributed by atoms with E-state index in [2.05, 4.69) is 23.1 Å². The zero-order valence-electron chi connectivity index (χ0n) is 20.8. The predicted molar refractivity (Wildman–Crippen MR) is 140 cm³/mol. The third-order valence-electron chi connectivity index (χ3n) is 5.99. The smallest absolute Gasteiger partial charge is 0.251 e. The van der Waals surface area contributed by atoms with E-state index in [1.165, 1.54) is 15.9 Å². The fourth-order valence-corrected chi connectivity index (χ4v) is 3.87. The van der Waals surface area contributed by atoms with Gasteiger partial charge in [0.2, 0.25) is 23.6 Å². The summed E-state index contributed by atoms with van der Waals surface area (Å²) in [5.74, 6) is 2.86. The van der Waals surface area contributed by atoms with E-state index in [4.69, 9.17) is 10.8 Å². The number of hydrogen-bond donors (Lipinski definition) is 2. The van der Waals surface area contributed by atoms with E-state index in [0.29, 0.717) is 49.8 Å². The summed E-state index contributed by atoms with van der Waals surface area (Å²) in [5.41, 5.74) is 1.31. The van der Waals surface area contributed by atoms with Gasteiger partial charge in [0.1, 0.15) is 12.3 Å². The molecule has 0 unspecified atom stereocenters. The average molecular weight is 505 g/mol. The largest absolute Gasteiger partial charge is 0.445 e. The molecule has 1 fully saturated rings. The average Bonchev–Trinajstić information content (AvgIpc) is 3.39. The van der Waals surface area contributed by atoms with E-state index in [1.54, 1.807) is 36.4 Å². The van der Waals surface area contributed by atoms with Crippen LogP contribution < -0.4 is 15.5 Å². The molecule has 1 aromatic heterocycles. The van der Waals surface area contributed by atoms with Gasteiger partial charge in [-0.2, -0.15) is 0 Å². The maximum atomic E-state index is 12.4. The van der Waals surface area contributed by atoms with Gasteiger partial charge in [-0.15, -0.1) is 6.42 Å². The summed E-state index contributed by atoms with van der Waals surface area (Å²) in [6.45, 7) is 5.30. The highest BCUT2D eigenvalue weighted by atomic mass is 16.4. The van der Waals surface area contributed by atoms with Crippen molar-refractivity contribution < 1.29 is 23.6 Å². The van der Waals surface area contributed by atoms with Crippen molar-refractivity contribution in [2.24, 2.45) is 0 Å². The van der Waals surface area contributed by atoms with Crippen LogP contribution in [0.3, 0.4) is 0 Å². The third kappa shape index (κ3) is 8.10. The number of nitrogens with zero attached hydrogens (tertiary/aromatic N) is 2. The molecule has 37 heavy (non-hydrogen) atoms. The molecule has 1 aliphatic heterocycles. The first kappa shape index (κ1) is 27.3. The number of amides is 4. The number of anilines is 1. The van der Waals surface area contributed by atoms with Gasteiger partial charge in [0.25, 0.3) is 5.91 Å². The summed E-state index contributed by atoms with van der Waals surface area (Å²) in [4.78, 5) is 51.3. The van der Waals surface area contributed by atoms with E-state index in [-0.39, 0.29) is 36.6 Å². The van der Waals surface area contributed by atoms with Crippen LogP contribution in [-0.2, 0) is 20.8 Å². The third-order valence-corrected chi connectivity index (χ3v) is 5.99. The highest BCUT2D eigenvalue weighted by Crippen LogP contribution is 2.22. The predicted octanol–water partition coefficient (Wildman–Crippen LogP) is 2.27. The SMILES string of the molecule is C#Cc1ccc(C(=O)NCCCCCNC(=O)CCc2ccc(N3CCN(C(=O)C=C)CC3=O)o2)cc1. The van der Waals surface area contributed by atoms with E-state index < -0.39 is 0 Å². The van der Waals surface area contributed by atoms with Gasteiger partial charge in [-0.3, -0.25) is 24.1 Å². The van der Waals surface area contributed by atoms with Crippen LogP contribution in [0.5, 0.6) is 0 Å². The standard InChI is InChI=1S/C28H32N4O5/c1-3-21-8-10-22(11-9-21)28(36)30-17-7-5-6-16-29-24(33)14-12-23-13-15-27(37-23)32-19-18-31(20-26(32)35)25(34)4-2/h1,4,8-11,13,15H,2,5-7,12,14,16-20H2,(H,29,33)(H,30,36). The molecule has 0 spiro atoms. The number of unbranched alkanes of at least 4 members (excludes halogenated alkanes) is 2. The zero-order chi connectivity index (χ0) is 26.6. The Morgan fingerprint density at radius 1 is 1.03 bits per heavy atom. The van der Waals surface area contributed by atoms with E-state index >= 15 is 0 Å². The second kappa shape index (κ2) is 13.7. The van der Waals surface area contributed by atoms with Crippen molar-refractivity contribution in [1.29, 1.82) is 0 Å². The molecule has 0 bridgehead atoms. The van der Waals surface area contributed by atoms with Gasteiger partial charge in [0.15, 0.2) is 0 Å². The second-order valence-electron chi connectivity index (χ2n) is 8.64. The first-order chi connectivity index (χ1) is 17.9. The highest BCUT2D eigenvalue weighted by molar-refractivity contribution is 5.98. The summed E-state index contributed by atoms with van der Waals surface area (Å²) in [7, 11) is 0. The summed E-state index contributed by atoms with van der Waals surface area (Å²) < 4.78 is 5.76. The number of nitrogens with one attached hydrogen (secondary N) is 2. The maximum absolute atomic E-state index is 12.4. The minimum absolute atomic E-state index is 0.0173. The molecule has 2 heterocycles. The molecule has 194 valence electrons. The molecule has 3 rings (SSSR count). The second-order valence-corrected chi connectivity index (χ2v) is 8.64. The summed E-state index contributed by atoms with van der Waals surface area (Å²) in [5, 5.41) is 5.77. The van der Waals surface area contributed by atoms with Crippen molar-refractivity contribution >= 4 is 29.5 Å². The molecular formula is C28H32N4O5. The van der Waals surface area contributed by atoms with Gasteiger partial charge in [-0.05, 0) is 55.7 Å². The number of benzene rings is 1. The fourth-order valence-electron chi connectivity index (χ4n) is 3.87. The molecule has 9 nitrogen and oxygen atoms in total. The van der Waals surface area contributed by atoms with Gasteiger partial charge in [-0.25, -0.2) is 0 Å². The number of hydrogen-bond acceptors (Lipinski definition) is 5. The number of carbonyl (C=O) groups is 4. The normalized spacial score (nSPS) is 13.1. The maximum Gasteiger partial charge on any atom is 0.251 e. The fraction of sp³-hybridized carbons (Fsp3) is 0.357. The van der Waals surface area contributed by atoms with E-state index in [0.717, 1.165) is 24.8 Å². The lowest BCUT2D eigenvalue weighted by Gasteiger charge is -2.32. The number of aryl methyl sites for hydroxylation is 1. The van der Waals surface area contributed by atoms with Crippen molar-refractivity contribution in [2.45, 2.75) is 32.1 Å². The lowest BCUT2D eigenvalue weighted by Crippen LogP contribution is -2.52. The van der Waals surface area contributed by atoms with Crippen LogP contribution >= 0.6 is 0 Å². The van der Waals surface area contributed by atoms with Crippen molar-refractivity contribution in [3.63, 3.8) is 0 Å². The molecule has 2 N–H and O–H groups in total. The molecule has 1 saturated heterocycles. The van der Waals surface area contributed by atoms with Crippen molar-refractivity contribution in [1.82, 2.24) is 15.5 Å². The molecular weight excluding hydrogens is 472 g/mol. The number of terminal acetylenes is 1. The topological polar surface area (TPSA) is 112 Å². The Bertz CT molecular complexity index is 1160. The minimum Gasteiger partial charge on any atom is -0.445 e. The number of piperazine rings is 1. The molecule has 9 heteroatoms. The molecule has 1 aliphatic rings. The van der Waals surface area contributed by atoms with Gasteiger partial charge < -0.3 is 20.0 Å². The summed E-state index contributed by atoms with van der Waals surface area (Å²) in [6, 6.07) is 10.4. The molecule has 0 aliphatic carbocycles. The lowest BCUT2D eigenvalue weighted by molar-refractivity contribution is -0.133. The van der Waals surface area contributed by atoms with Crippen LogP contribution in [0.25, 0.3) is 0 Å². The monoisotopic (exact) mass is 504 g/mol. The number of carbonyl (C=O) groups excluding carboxylic acids is 4. The quantitative estimate of drug-likeness (QED) is 0.262. The summed E-state index contributed by atoms with van der Waals surface area (Å²) >= 11 is 0. The van der Waals surface area contributed by atoms with Crippen LogP contribution in [0.1, 0.15) is 47.4 Å². The summed E-state index contributed by atoms with van der Waals surface area (Å²) in [6.07, 6.45) is 9.71. The number of rotatable bonds is 12. The first-order valence-electron chi connectivity index (χ1n) is 12.3.